The Bertz CT molecular complexity index is 635. The summed E-state index contributed by atoms with van der Waals surface area (Å²) in [6.45, 7) is 1.93. The van der Waals surface area contributed by atoms with Crippen LogP contribution >= 0.6 is 0 Å². The second-order valence-corrected chi connectivity index (χ2v) is 4.96. The van der Waals surface area contributed by atoms with Crippen LogP contribution in [0.4, 0.5) is 17.1 Å². The molecule has 0 saturated heterocycles. The molecule has 0 aliphatic heterocycles. The molecule has 0 aromatic heterocycles. The Balaban J connectivity index is 2.31. The molecular formula is C16H19N3O. The van der Waals surface area contributed by atoms with Gasteiger partial charge in [0.15, 0.2) is 0 Å². The number of rotatable bonds is 3. The molecule has 0 saturated carbocycles. The standard InChI is InChI=1S/C16H19N3O/c1-11-8-9-13(17)12(10-11)16(20)18-14-6-4-5-7-15(14)19(2)3/h4-10H,17H2,1-3H3,(H,18,20). The highest BCUT2D eigenvalue weighted by molar-refractivity contribution is 6.09. The molecule has 0 fully saturated rings. The molecule has 0 bridgehead atoms. The predicted octanol–water partition coefficient (Wildman–Crippen LogP) is 2.90. The molecule has 0 radical (unpaired) electrons. The van der Waals surface area contributed by atoms with Gasteiger partial charge in [-0.3, -0.25) is 4.79 Å². The van der Waals surface area contributed by atoms with Gasteiger partial charge in [0.25, 0.3) is 5.91 Å². The van der Waals surface area contributed by atoms with E-state index in [4.69, 9.17) is 5.73 Å². The number of hydrogen-bond donors (Lipinski definition) is 2. The third kappa shape index (κ3) is 2.91. The first-order valence-electron chi connectivity index (χ1n) is 6.43. The van der Waals surface area contributed by atoms with Gasteiger partial charge in [-0.2, -0.15) is 0 Å². The number of aryl methyl sites for hydroxylation is 1. The number of amides is 1. The predicted molar refractivity (Wildman–Crippen MR) is 84.3 cm³/mol. The molecule has 20 heavy (non-hydrogen) atoms. The van der Waals surface area contributed by atoms with Crippen molar-refractivity contribution in [3.63, 3.8) is 0 Å². The zero-order chi connectivity index (χ0) is 14.7. The second kappa shape index (κ2) is 5.65. The quantitative estimate of drug-likeness (QED) is 0.842. The van der Waals surface area contributed by atoms with Crippen LogP contribution in [0.25, 0.3) is 0 Å². The fourth-order valence-corrected chi connectivity index (χ4v) is 2.03. The van der Waals surface area contributed by atoms with Gasteiger partial charge < -0.3 is 16.0 Å². The van der Waals surface area contributed by atoms with Crippen molar-refractivity contribution in [2.45, 2.75) is 6.92 Å². The largest absolute Gasteiger partial charge is 0.398 e. The average Bonchev–Trinajstić information content (AvgIpc) is 2.41. The summed E-state index contributed by atoms with van der Waals surface area (Å²) >= 11 is 0. The molecule has 2 aromatic carbocycles. The van der Waals surface area contributed by atoms with Crippen molar-refractivity contribution in [2.24, 2.45) is 0 Å². The van der Waals surface area contributed by atoms with Gasteiger partial charge in [0.1, 0.15) is 0 Å². The zero-order valence-electron chi connectivity index (χ0n) is 12.0. The van der Waals surface area contributed by atoms with Crippen LogP contribution in [-0.2, 0) is 0 Å². The lowest BCUT2D eigenvalue weighted by Gasteiger charge is -2.18. The van der Waals surface area contributed by atoms with Gasteiger partial charge in [0.05, 0.1) is 16.9 Å². The van der Waals surface area contributed by atoms with Gasteiger partial charge in [-0.25, -0.2) is 0 Å². The van der Waals surface area contributed by atoms with Gasteiger partial charge in [-0.15, -0.1) is 0 Å². The normalized spacial score (nSPS) is 10.2. The minimum Gasteiger partial charge on any atom is -0.398 e. The molecule has 0 spiro atoms. The third-order valence-corrected chi connectivity index (χ3v) is 3.09. The summed E-state index contributed by atoms with van der Waals surface area (Å²) in [4.78, 5) is 14.3. The molecule has 0 atom stereocenters. The van der Waals surface area contributed by atoms with Crippen molar-refractivity contribution in [3.8, 4) is 0 Å². The number of carbonyl (C=O) groups is 1. The maximum absolute atomic E-state index is 12.4. The number of nitrogens with two attached hydrogens (primary N) is 1. The minimum atomic E-state index is -0.194. The number of anilines is 3. The summed E-state index contributed by atoms with van der Waals surface area (Å²) in [5, 5.41) is 2.92. The molecule has 2 aromatic rings. The van der Waals surface area contributed by atoms with E-state index in [0.717, 1.165) is 16.9 Å². The summed E-state index contributed by atoms with van der Waals surface area (Å²) in [5.74, 6) is -0.194. The Morgan fingerprint density at radius 2 is 1.85 bits per heavy atom. The van der Waals surface area contributed by atoms with Crippen LogP contribution in [0.1, 0.15) is 15.9 Å². The molecule has 0 aliphatic carbocycles. The van der Waals surface area contributed by atoms with Crippen LogP contribution in [0, 0.1) is 6.92 Å². The fraction of sp³-hybridized carbons (Fsp3) is 0.188. The van der Waals surface area contributed by atoms with Crippen LogP contribution in [0.2, 0.25) is 0 Å². The molecule has 2 rings (SSSR count). The number of nitrogens with zero attached hydrogens (tertiary/aromatic N) is 1. The molecule has 3 N–H and O–H groups in total. The van der Waals surface area contributed by atoms with E-state index < -0.39 is 0 Å². The first-order chi connectivity index (χ1) is 9.49. The van der Waals surface area contributed by atoms with Gasteiger partial charge in [0.2, 0.25) is 0 Å². The lowest BCUT2D eigenvalue weighted by molar-refractivity contribution is 0.102. The van der Waals surface area contributed by atoms with Crippen LogP contribution in [-0.4, -0.2) is 20.0 Å². The molecule has 104 valence electrons. The van der Waals surface area contributed by atoms with Crippen molar-refractivity contribution >= 4 is 23.0 Å². The molecular weight excluding hydrogens is 250 g/mol. The number of nitrogens with one attached hydrogen (secondary N) is 1. The third-order valence-electron chi connectivity index (χ3n) is 3.09. The average molecular weight is 269 g/mol. The molecule has 1 amide bonds. The highest BCUT2D eigenvalue weighted by Gasteiger charge is 2.12. The van der Waals surface area contributed by atoms with Crippen molar-refractivity contribution in [1.29, 1.82) is 0 Å². The van der Waals surface area contributed by atoms with Crippen molar-refractivity contribution < 1.29 is 4.79 Å². The number of nitrogen functional groups attached to an aromatic ring is 1. The monoisotopic (exact) mass is 269 g/mol. The number of para-hydroxylation sites is 2. The first kappa shape index (κ1) is 13.9. The number of hydrogen-bond acceptors (Lipinski definition) is 3. The van der Waals surface area contributed by atoms with Gasteiger partial charge in [-0.1, -0.05) is 23.8 Å². The van der Waals surface area contributed by atoms with Gasteiger partial charge >= 0.3 is 0 Å². The minimum absolute atomic E-state index is 0.194. The van der Waals surface area contributed by atoms with E-state index in [1.165, 1.54) is 0 Å². The Morgan fingerprint density at radius 3 is 2.55 bits per heavy atom. The van der Waals surface area contributed by atoms with Crippen LogP contribution < -0.4 is 16.0 Å². The van der Waals surface area contributed by atoms with E-state index in [9.17, 15) is 4.79 Å². The summed E-state index contributed by atoms with van der Waals surface area (Å²) in [5.41, 5.74) is 9.57. The Labute approximate surface area is 119 Å². The van der Waals surface area contributed by atoms with Crippen molar-refractivity contribution in [3.05, 3.63) is 53.6 Å². The smallest absolute Gasteiger partial charge is 0.257 e. The zero-order valence-corrected chi connectivity index (χ0v) is 12.0. The first-order valence-corrected chi connectivity index (χ1v) is 6.43. The Hall–Kier alpha value is -2.49. The molecule has 0 unspecified atom stereocenters. The maximum atomic E-state index is 12.4. The summed E-state index contributed by atoms with van der Waals surface area (Å²) in [6, 6.07) is 13.1. The van der Waals surface area contributed by atoms with Crippen molar-refractivity contribution in [1.82, 2.24) is 0 Å². The Morgan fingerprint density at radius 1 is 1.15 bits per heavy atom. The van der Waals surface area contributed by atoms with E-state index in [0.29, 0.717) is 11.3 Å². The van der Waals surface area contributed by atoms with Crippen LogP contribution in [0.3, 0.4) is 0 Å². The van der Waals surface area contributed by atoms with Crippen LogP contribution in [0.15, 0.2) is 42.5 Å². The lowest BCUT2D eigenvalue weighted by Crippen LogP contribution is -2.17. The Kier molecular flexibility index (Phi) is 3.94. The van der Waals surface area contributed by atoms with E-state index in [1.54, 1.807) is 12.1 Å². The van der Waals surface area contributed by atoms with E-state index in [2.05, 4.69) is 5.32 Å². The van der Waals surface area contributed by atoms with Crippen LogP contribution in [0.5, 0.6) is 0 Å². The fourth-order valence-electron chi connectivity index (χ4n) is 2.03. The van der Waals surface area contributed by atoms with E-state index in [-0.39, 0.29) is 5.91 Å². The van der Waals surface area contributed by atoms with Gasteiger partial charge in [0, 0.05) is 19.8 Å². The molecule has 0 aliphatic rings. The molecule has 0 heterocycles. The number of carbonyl (C=O) groups excluding carboxylic acids is 1. The van der Waals surface area contributed by atoms with E-state index in [1.807, 2.05) is 56.3 Å². The summed E-state index contributed by atoms with van der Waals surface area (Å²) in [7, 11) is 3.87. The highest BCUT2D eigenvalue weighted by atomic mass is 16.1. The summed E-state index contributed by atoms with van der Waals surface area (Å²) in [6.07, 6.45) is 0. The maximum Gasteiger partial charge on any atom is 0.257 e. The topological polar surface area (TPSA) is 58.4 Å². The second-order valence-electron chi connectivity index (χ2n) is 4.96. The van der Waals surface area contributed by atoms with E-state index >= 15 is 0 Å². The SMILES string of the molecule is Cc1ccc(N)c(C(=O)Nc2ccccc2N(C)C)c1. The molecule has 4 heteroatoms. The summed E-state index contributed by atoms with van der Waals surface area (Å²) < 4.78 is 0. The number of benzene rings is 2. The van der Waals surface area contributed by atoms with Crippen molar-refractivity contribution in [2.75, 3.05) is 30.0 Å². The lowest BCUT2D eigenvalue weighted by atomic mass is 10.1. The molecule has 4 nitrogen and oxygen atoms in total. The van der Waals surface area contributed by atoms with Gasteiger partial charge in [-0.05, 0) is 31.2 Å². The highest BCUT2D eigenvalue weighted by Crippen LogP contribution is 2.25.